The highest BCUT2D eigenvalue weighted by Crippen LogP contribution is 2.30. The van der Waals surface area contributed by atoms with Crippen LogP contribution < -0.4 is 5.73 Å². The highest BCUT2D eigenvalue weighted by atomic mass is 16.6. The van der Waals surface area contributed by atoms with Gasteiger partial charge in [0.2, 0.25) is 0 Å². The standard InChI is InChI=1S/C17H26N2O3/c1-17(2,3)22-16(21)19-10-8-13(9-11-19)15(18)12-4-6-14(20)7-5-12/h4-7,13,15,20H,8-11,18H2,1-3H3. The Hall–Kier alpha value is -1.75. The number of aromatic hydroxyl groups is 1. The van der Waals surface area contributed by atoms with Crippen LogP contribution in [-0.4, -0.2) is 34.8 Å². The maximum absolute atomic E-state index is 12.0. The van der Waals surface area contributed by atoms with E-state index in [-0.39, 0.29) is 17.9 Å². The summed E-state index contributed by atoms with van der Waals surface area (Å²) < 4.78 is 5.40. The summed E-state index contributed by atoms with van der Waals surface area (Å²) in [6.07, 6.45) is 1.48. The maximum Gasteiger partial charge on any atom is 0.410 e. The highest BCUT2D eigenvalue weighted by Gasteiger charge is 2.29. The van der Waals surface area contributed by atoms with Gasteiger partial charge in [-0.05, 0) is 57.2 Å². The summed E-state index contributed by atoms with van der Waals surface area (Å²) in [5.41, 5.74) is 6.89. The number of carbonyl (C=O) groups is 1. The predicted octanol–water partition coefficient (Wildman–Crippen LogP) is 3.04. The largest absolute Gasteiger partial charge is 0.508 e. The molecule has 1 atom stereocenters. The van der Waals surface area contributed by atoms with Crippen LogP contribution in [0.25, 0.3) is 0 Å². The molecule has 1 aromatic rings. The number of rotatable bonds is 2. The van der Waals surface area contributed by atoms with Gasteiger partial charge in [-0.1, -0.05) is 12.1 Å². The molecule has 22 heavy (non-hydrogen) atoms. The molecule has 0 saturated carbocycles. The van der Waals surface area contributed by atoms with Crippen LogP contribution in [-0.2, 0) is 4.74 Å². The van der Waals surface area contributed by atoms with Crippen molar-refractivity contribution >= 4 is 6.09 Å². The molecule has 1 saturated heterocycles. The summed E-state index contributed by atoms with van der Waals surface area (Å²) in [6, 6.07) is 6.97. The van der Waals surface area contributed by atoms with Crippen LogP contribution in [0, 0.1) is 5.92 Å². The van der Waals surface area contributed by atoms with Crippen molar-refractivity contribution in [2.45, 2.75) is 45.3 Å². The lowest BCUT2D eigenvalue weighted by Crippen LogP contribution is -2.43. The van der Waals surface area contributed by atoms with Crippen LogP contribution in [0.15, 0.2) is 24.3 Å². The van der Waals surface area contributed by atoms with Crippen LogP contribution in [0.5, 0.6) is 5.75 Å². The Morgan fingerprint density at radius 1 is 1.27 bits per heavy atom. The number of nitrogens with two attached hydrogens (primary N) is 1. The number of piperidine rings is 1. The number of phenolic OH excluding ortho intramolecular Hbond substituents is 1. The molecule has 2 rings (SSSR count). The lowest BCUT2D eigenvalue weighted by molar-refractivity contribution is 0.0174. The van der Waals surface area contributed by atoms with Crippen molar-refractivity contribution < 1.29 is 14.6 Å². The number of phenols is 1. The molecule has 1 aliphatic rings. The van der Waals surface area contributed by atoms with Crippen molar-refractivity contribution in [2.24, 2.45) is 11.7 Å². The quantitative estimate of drug-likeness (QED) is 0.880. The number of amides is 1. The Kier molecular flexibility index (Phi) is 4.96. The molecule has 1 fully saturated rings. The summed E-state index contributed by atoms with van der Waals surface area (Å²) in [6.45, 7) is 6.96. The smallest absolute Gasteiger partial charge is 0.410 e. The fourth-order valence-corrected chi connectivity index (χ4v) is 2.74. The van der Waals surface area contributed by atoms with E-state index in [1.807, 2.05) is 32.9 Å². The fraction of sp³-hybridized carbons (Fsp3) is 0.588. The van der Waals surface area contributed by atoms with E-state index in [0.29, 0.717) is 19.0 Å². The first-order valence-electron chi connectivity index (χ1n) is 7.79. The molecule has 1 heterocycles. The van der Waals surface area contributed by atoms with Gasteiger partial charge in [-0.3, -0.25) is 0 Å². The molecular weight excluding hydrogens is 280 g/mol. The Balaban J connectivity index is 1.89. The van der Waals surface area contributed by atoms with Crippen LogP contribution in [0.4, 0.5) is 4.79 Å². The Morgan fingerprint density at radius 2 is 1.82 bits per heavy atom. The zero-order chi connectivity index (χ0) is 16.3. The van der Waals surface area contributed by atoms with Gasteiger partial charge in [0, 0.05) is 19.1 Å². The van der Waals surface area contributed by atoms with Gasteiger partial charge in [0.1, 0.15) is 11.4 Å². The van der Waals surface area contributed by atoms with E-state index in [1.54, 1.807) is 17.0 Å². The van der Waals surface area contributed by atoms with Crippen LogP contribution in [0.2, 0.25) is 0 Å². The maximum atomic E-state index is 12.0. The normalized spacial score (nSPS) is 18.1. The second-order valence-electron chi connectivity index (χ2n) is 6.92. The summed E-state index contributed by atoms with van der Waals surface area (Å²) in [7, 11) is 0. The van der Waals surface area contributed by atoms with Crippen molar-refractivity contribution in [1.29, 1.82) is 0 Å². The van der Waals surface area contributed by atoms with Crippen LogP contribution in [0.3, 0.4) is 0 Å². The lowest BCUT2D eigenvalue weighted by Gasteiger charge is -2.35. The Bertz CT molecular complexity index is 500. The van der Waals surface area contributed by atoms with Crippen molar-refractivity contribution in [3.8, 4) is 5.75 Å². The van der Waals surface area contributed by atoms with Gasteiger partial charge in [-0.15, -0.1) is 0 Å². The molecule has 1 aliphatic heterocycles. The van der Waals surface area contributed by atoms with E-state index >= 15 is 0 Å². The second kappa shape index (κ2) is 6.57. The number of nitrogens with zero attached hydrogens (tertiary/aromatic N) is 1. The minimum absolute atomic E-state index is 0.0682. The summed E-state index contributed by atoms with van der Waals surface area (Å²) >= 11 is 0. The van der Waals surface area contributed by atoms with E-state index in [9.17, 15) is 9.90 Å². The average molecular weight is 306 g/mol. The molecule has 3 N–H and O–H groups in total. The SMILES string of the molecule is CC(C)(C)OC(=O)N1CCC(C(N)c2ccc(O)cc2)CC1. The van der Waals surface area contributed by atoms with Crippen molar-refractivity contribution in [3.05, 3.63) is 29.8 Å². The van der Waals surface area contributed by atoms with Crippen LogP contribution >= 0.6 is 0 Å². The van der Waals surface area contributed by atoms with Crippen molar-refractivity contribution in [1.82, 2.24) is 4.90 Å². The topological polar surface area (TPSA) is 75.8 Å². The minimum atomic E-state index is -0.462. The number of likely N-dealkylation sites (tertiary alicyclic amines) is 1. The third-order valence-electron chi connectivity index (χ3n) is 3.98. The van der Waals surface area contributed by atoms with Crippen LogP contribution in [0.1, 0.15) is 45.2 Å². The predicted molar refractivity (Wildman–Crippen MR) is 85.6 cm³/mol. The van der Waals surface area contributed by atoms with Gasteiger partial charge < -0.3 is 20.5 Å². The Labute approximate surface area is 132 Å². The molecule has 0 aliphatic carbocycles. The number of hydrogen-bond donors (Lipinski definition) is 2. The first kappa shape index (κ1) is 16.6. The molecule has 1 aromatic carbocycles. The van der Waals surface area contributed by atoms with E-state index in [4.69, 9.17) is 10.5 Å². The molecule has 122 valence electrons. The number of carbonyl (C=O) groups excluding carboxylic acids is 1. The number of ether oxygens (including phenoxy) is 1. The van der Waals surface area contributed by atoms with Gasteiger partial charge in [0.15, 0.2) is 0 Å². The number of hydrogen-bond acceptors (Lipinski definition) is 4. The van der Waals surface area contributed by atoms with E-state index in [1.165, 1.54) is 0 Å². The van der Waals surface area contributed by atoms with Gasteiger partial charge in [-0.25, -0.2) is 4.79 Å². The molecular formula is C17H26N2O3. The molecule has 0 aromatic heterocycles. The van der Waals surface area contributed by atoms with Gasteiger partial charge in [-0.2, -0.15) is 0 Å². The molecule has 5 heteroatoms. The van der Waals surface area contributed by atoms with Gasteiger partial charge >= 0.3 is 6.09 Å². The molecule has 1 amide bonds. The Morgan fingerprint density at radius 3 is 2.32 bits per heavy atom. The van der Waals surface area contributed by atoms with E-state index in [0.717, 1.165) is 18.4 Å². The lowest BCUT2D eigenvalue weighted by atomic mass is 9.86. The second-order valence-corrected chi connectivity index (χ2v) is 6.92. The highest BCUT2D eigenvalue weighted by molar-refractivity contribution is 5.68. The first-order valence-corrected chi connectivity index (χ1v) is 7.79. The summed E-state index contributed by atoms with van der Waals surface area (Å²) in [4.78, 5) is 13.8. The molecule has 0 spiro atoms. The molecule has 5 nitrogen and oxygen atoms in total. The summed E-state index contributed by atoms with van der Waals surface area (Å²) in [5.74, 6) is 0.582. The van der Waals surface area contributed by atoms with Crippen molar-refractivity contribution in [2.75, 3.05) is 13.1 Å². The monoisotopic (exact) mass is 306 g/mol. The fourth-order valence-electron chi connectivity index (χ4n) is 2.74. The third kappa shape index (κ3) is 4.37. The van der Waals surface area contributed by atoms with Crippen molar-refractivity contribution in [3.63, 3.8) is 0 Å². The molecule has 0 radical (unpaired) electrons. The number of benzene rings is 1. The zero-order valence-electron chi connectivity index (χ0n) is 13.6. The van der Waals surface area contributed by atoms with E-state index in [2.05, 4.69) is 0 Å². The van der Waals surface area contributed by atoms with Gasteiger partial charge in [0.25, 0.3) is 0 Å². The first-order chi connectivity index (χ1) is 10.3. The average Bonchev–Trinajstić information content (AvgIpc) is 2.46. The molecule has 0 bridgehead atoms. The molecule has 1 unspecified atom stereocenters. The van der Waals surface area contributed by atoms with Gasteiger partial charge in [0.05, 0.1) is 0 Å². The third-order valence-corrected chi connectivity index (χ3v) is 3.98. The summed E-state index contributed by atoms with van der Waals surface area (Å²) in [5, 5.41) is 9.34. The zero-order valence-corrected chi connectivity index (χ0v) is 13.6. The van der Waals surface area contributed by atoms with E-state index < -0.39 is 5.60 Å². The minimum Gasteiger partial charge on any atom is -0.508 e.